The van der Waals surface area contributed by atoms with Gasteiger partial charge in [0.2, 0.25) is 0 Å². The number of rotatable bonds is 5. The Bertz CT molecular complexity index is 460. The fraction of sp³-hybridized carbons (Fsp3) is 0.600. The fourth-order valence-electron chi connectivity index (χ4n) is 2.89. The van der Waals surface area contributed by atoms with Gasteiger partial charge in [0, 0.05) is 42.7 Å². The summed E-state index contributed by atoms with van der Waals surface area (Å²) < 4.78 is 5.79. The largest absolute Gasteiger partial charge is 0.493 e. The SMILES string of the molecule is CCCN(Cc1cc(Cl)cc2c1OCC2)C1CNC1. The van der Waals surface area contributed by atoms with Crippen molar-refractivity contribution in [2.75, 3.05) is 26.2 Å². The number of fused-ring (bicyclic) bond motifs is 1. The predicted molar refractivity (Wildman–Crippen MR) is 78.0 cm³/mol. The summed E-state index contributed by atoms with van der Waals surface area (Å²) in [7, 11) is 0. The third-order valence-corrected chi connectivity index (χ3v) is 4.20. The van der Waals surface area contributed by atoms with E-state index in [1.54, 1.807) is 0 Å². The Kier molecular flexibility index (Phi) is 3.96. The zero-order valence-electron chi connectivity index (χ0n) is 11.4. The van der Waals surface area contributed by atoms with Crippen LogP contribution in [0.2, 0.25) is 5.02 Å². The number of hydrogen-bond donors (Lipinski definition) is 1. The number of hydrogen-bond acceptors (Lipinski definition) is 3. The molecule has 0 bridgehead atoms. The zero-order valence-corrected chi connectivity index (χ0v) is 12.2. The van der Waals surface area contributed by atoms with Crippen molar-refractivity contribution >= 4 is 11.6 Å². The van der Waals surface area contributed by atoms with Crippen molar-refractivity contribution in [2.24, 2.45) is 0 Å². The topological polar surface area (TPSA) is 24.5 Å². The number of nitrogens with zero attached hydrogens (tertiary/aromatic N) is 1. The molecule has 0 spiro atoms. The van der Waals surface area contributed by atoms with Crippen LogP contribution in [0.3, 0.4) is 0 Å². The van der Waals surface area contributed by atoms with Gasteiger partial charge in [0.25, 0.3) is 0 Å². The number of ether oxygens (including phenoxy) is 1. The van der Waals surface area contributed by atoms with E-state index in [0.29, 0.717) is 6.04 Å². The van der Waals surface area contributed by atoms with Crippen LogP contribution in [-0.2, 0) is 13.0 Å². The maximum absolute atomic E-state index is 6.23. The molecule has 4 heteroatoms. The van der Waals surface area contributed by atoms with Gasteiger partial charge in [0.05, 0.1) is 6.61 Å². The van der Waals surface area contributed by atoms with Crippen LogP contribution in [0.1, 0.15) is 24.5 Å². The summed E-state index contributed by atoms with van der Waals surface area (Å²) in [5, 5.41) is 4.19. The van der Waals surface area contributed by atoms with E-state index < -0.39 is 0 Å². The van der Waals surface area contributed by atoms with Gasteiger partial charge in [-0.1, -0.05) is 18.5 Å². The molecule has 2 aliphatic rings. The van der Waals surface area contributed by atoms with Crippen molar-refractivity contribution in [1.29, 1.82) is 0 Å². The lowest BCUT2D eigenvalue weighted by molar-refractivity contribution is 0.136. The Balaban J connectivity index is 1.81. The van der Waals surface area contributed by atoms with Crippen molar-refractivity contribution < 1.29 is 4.74 Å². The first-order valence-corrected chi connectivity index (χ1v) is 7.54. The summed E-state index contributed by atoms with van der Waals surface area (Å²) >= 11 is 6.23. The molecule has 0 radical (unpaired) electrons. The molecule has 2 aliphatic heterocycles. The second-order valence-electron chi connectivity index (χ2n) is 5.43. The second kappa shape index (κ2) is 5.70. The minimum Gasteiger partial charge on any atom is -0.493 e. The van der Waals surface area contributed by atoms with E-state index in [1.807, 2.05) is 6.07 Å². The predicted octanol–water partition coefficient (Wildman–Crippen LogP) is 2.46. The first kappa shape index (κ1) is 13.2. The van der Waals surface area contributed by atoms with Gasteiger partial charge < -0.3 is 10.1 Å². The van der Waals surface area contributed by atoms with Crippen LogP contribution in [0.25, 0.3) is 0 Å². The molecule has 104 valence electrons. The van der Waals surface area contributed by atoms with Crippen molar-refractivity contribution in [3.63, 3.8) is 0 Å². The lowest BCUT2D eigenvalue weighted by Gasteiger charge is -2.38. The molecule has 19 heavy (non-hydrogen) atoms. The van der Waals surface area contributed by atoms with E-state index in [9.17, 15) is 0 Å². The van der Waals surface area contributed by atoms with Crippen LogP contribution in [0.4, 0.5) is 0 Å². The molecular weight excluding hydrogens is 260 g/mol. The Morgan fingerprint density at radius 1 is 1.42 bits per heavy atom. The Morgan fingerprint density at radius 2 is 2.26 bits per heavy atom. The summed E-state index contributed by atoms with van der Waals surface area (Å²) in [5.41, 5.74) is 2.52. The fourth-order valence-corrected chi connectivity index (χ4v) is 3.16. The van der Waals surface area contributed by atoms with Crippen LogP contribution in [0.5, 0.6) is 5.75 Å². The number of nitrogens with one attached hydrogen (secondary N) is 1. The zero-order chi connectivity index (χ0) is 13.2. The highest BCUT2D eigenvalue weighted by Crippen LogP contribution is 2.34. The monoisotopic (exact) mass is 280 g/mol. The lowest BCUT2D eigenvalue weighted by Crippen LogP contribution is -2.56. The van der Waals surface area contributed by atoms with Gasteiger partial charge >= 0.3 is 0 Å². The highest BCUT2D eigenvalue weighted by molar-refractivity contribution is 6.30. The molecule has 0 atom stereocenters. The molecule has 1 fully saturated rings. The molecule has 2 heterocycles. The maximum Gasteiger partial charge on any atom is 0.127 e. The van der Waals surface area contributed by atoms with Crippen molar-refractivity contribution in [2.45, 2.75) is 32.4 Å². The van der Waals surface area contributed by atoms with E-state index in [-0.39, 0.29) is 0 Å². The minimum atomic E-state index is 0.663. The molecule has 1 N–H and O–H groups in total. The Labute approximate surface area is 119 Å². The molecule has 1 saturated heterocycles. The van der Waals surface area contributed by atoms with E-state index in [2.05, 4.69) is 23.2 Å². The molecule has 1 aromatic rings. The number of halogens is 1. The average Bonchev–Trinajstić information content (AvgIpc) is 2.74. The Morgan fingerprint density at radius 3 is 2.95 bits per heavy atom. The van der Waals surface area contributed by atoms with Gasteiger partial charge in [-0.2, -0.15) is 0 Å². The van der Waals surface area contributed by atoms with E-state index in [1.165, 1.54) is 17.5 Å². The minimum absolute atomic E-state index is 0.663. The molecule has 3 nitrogen and oxygen atoms in total. The smallest absolute Gasteiger partial charge is 0.127 e. The molecule has 0 saturated carbocycles. The van der Waals surface area contributed by atoms with Crippen molar-refractivity contribution in [3.8, 4) is 5.75 Å². The van der Waals surface area contributed by atoms with E-state index >= 15 is 0 Å². The van der Waals surface area contributed by atoms with Gasteiger partial charge in [-0.05, 0) is 30.7 Å². The third-order valence-electron chi connectivity index (χ3n) is 3.99. The standard InChI is InChI=1S/C15H21ClN2O/c1-2-4-18(14-8-17-9-14)10-12-7-13(16)6-11-3-5-19-15(11)12/h6-7,14,17H,2-5,8-10H2,1H3. The summed E-state index contributed by atoms with van der Waals surface area (Å²) in [4.78, 5) is 2.55. The molecule has 1 aromatic carbocycles. The molecule has 0 amide bonds. The normalized spacial score (nSPS) is 18.3. The van der Waals surface area contributed by atoms with Crippen molar-refractivity contribution in [1.82, 2.24) is 10.2 Å². The lowest BCUT2D eigenvalue weighted by atomic mass is 10.0. The molecular formula is C15H21ClN2O. The summed E-state index contributed by atoms with van der Waals surface area (Å²) in [5.74, 6) is 1.08. The number of benzene rings is 1. The summed E-state index contributed by atoms with van der Waals surface area (Å²) in [6.07, 6.45) is 2.17. The molecule has 0 aromatic heterocycles. The first-order valence-electron chi connectivity index (χ1n) is 7.16. The maximum atomic E-state index is 6.23. The van der Waals surface area contributed by atoms with Gasteiger partial charge in [-0.15, -0.1) is 0 Å². The third kappa shape index (κ3) is 2.73. The molecule has 3 rings (SSSR count). The van der Waals surface area contributed by atoms with Crippen LogP contribution in [0, 0.1) is 0 Å². The van der Waals surface area contributed by atoms with Gasteiger partial charge in [-0.3, -0.25) is 4.90 Å². The second-order valence-corrected chi connectivity index (χ2v) is 5.87. The quantitative estimate of drug-likeness (QED) is 0.897. The summed E-state index contributed by atoms with van der Waals surface area (Å²) in [6.45, 7) is 7.31. The van der Waals surface area contributed by atoms with Crippen LogP contribution >= 0.6 is 11.6 Å². The van der Waals surface area contributed by atoms with Gasteiger partial charge in [0.1, 0.15) is 5.75 Å². The van der Waals surface area contributed by atoms with E-state index in [4.69, 9.17) is 16.3 Å². The van der Waals surface area contributed by atoms with Crippen molar-refractivity contribution in [3.05, 3.63) is 28.3 Å². The average molecular weight is 281 g/mol. The van der Waals surface area contributed by atoms with Crippen LogP contribution in [-0.4, -0.2) is 37.2 Å². The summed E-state index contributed by atoms with van der Waals surface area (Å²) in [6, 6.07) is 4.78. The van der Waals surface area contributed by atoms with Crippen LogP contribution in [0.15, 0.2) is 12.1 Å². The van der Waals surface area contributed by atoms with E-state index in [0.717, 1.165) is 50.0 Å². The highest BCUT2D eigenvalue weighted by Gasteiger charge is 2.26. The van der Waals surface area contributed by atoms with Gasteiger partial charge in [0.15, 0.2) is 0 Å². The molecule has 0 aliphatic carbocycles. The van der Waals surface area contributed by atoms with Crippen LogP contribution < -0.4 is 10.1 Å². The Hall–Kier alpha value is -0.770. The van der Waals surface area contributed by atoms with Gasteiger partial charge in [-0.25, -0.2) is 0 Å². The molecule has 0 unspecified atom stereocenters. The first-order chi connectivity index (χ1) is 9.28. The highest BCUT2D eigenvalue weighted by atomic mass is 35.5.